The Labute approximate surface area is 134 Å². The minimum absolute atomic E-state index is 0.290. The average molecular weight is 307 g/mol. The van der Waals surface area contributed by atoms with Gasteiger partial charge in [0.25, 0.3) is 0 Å². The van der Waals surface area contributed by atoms with Crippen LogP contribution in [0, 0.1) is 0 Å². The van der Waals surface area contributed by atoms with Crippen molar-refractivity contribution < 1.29 is 14.3 Å². The maximum Gasteiger partial charge on any atom is 0.248 e. The Kier molecular flexibility index (Phi) is 4.15. The minimum atomic E-state index is -0.473. The van der Waals surface area contributed by atoms with Gasteiger partial charge in [0.1, 0.15) is 18.1 Å². The van der Waals surface area contributed by atoms with Crippen LogP contribution in [0.25, 0.3) is 10.8 Å². The molecule has 0 bridgehead atoms. The van der Waals surface area contributed by atoms with E-state index in [1.165, 1.54) is 0 Å². The van der Waals surface area contributed by atoms with Crippen LogP contribution in [0.4, 0.5) is 0 Å². The van der Waals surface area contributed by atoms with Gasteiger partial charge in [-0.25, -0.2) is 0 Å². The van der Waals surface area contributed by atoms with Crippen LogP contribution in [0.1, 0.15) is 15.9 Å². The second kappa shape index (κ2) is 6.40. The smallest absolute Gasteiger partial charge is 0.248 e. The molecule has 0 aliphatic carbocycles. The quantitative estimate of drug-likeness (QED) is 0.784. The van der Waals surface area contributed by atoms with Gasteiger partial charge in [0.05, 0.1) is 7.11 Å². The molecule has 0 heterocycles. The third-order valence-electron chi connectivity index (χ3n) is 3.70. The van der Waals surface area contributed by atoms with Gasteiger partial charge in [0.15, 0.2) is 0 Å². The zero-order chi connectivity index (χ0) is 16.2. The molecule has 0 saturated carbocycles. The normalized spacial score (nSPS) is 10.5. The largest absolute Gasteiger partial charge is 0.496 e. The van der Waals surface area contributed by atoms with Crippen molar-refractivity contribution in [2.45, 2.75) is 6.61 Å². The number of fused-ring (bicyclic) bond motifs is 1. The second-order valence-electron chi connectivity index (χ2n) is 5.16. The molecule has 0 unspecified atom stereocenters. The van der Waals surface area contributed by atoms with Gasteiger partial charge in [-0.1, -0.05) is 36.4 Å². The van der Waals surface area contributed by atoms with Crippen LogP contribution in [-0.2, 0) is 6.61 Å². The molecule has 0 saturated heterocycles. The molecule has 116 valence electrons. The van der Waals surface area contributed by atoms with Crippen molar-refractivity contribution in [3.05, 3.63) is 71.8 Å². The van der Waals surface area contributed by atoms with Crippen LogP contribution in [0.3, 0.4) is 0 Å². The van der Waals surface area contributed by atoms with Crippen molar-refractivity contribution >= 4 is 16.7 Å². The third kappa shape index (κ3) is 3.11. The summed E-state index contributed by atoms with van der Waals surface area (Å²) in [5.41, 5.74) is 6.54. The van der Waals surface area contributed by atoms with E-state index in [0.717, 1.165) is 22.1 Å². The highest BCUT2D eigenvalue weighted by molar-refractivity contribution is 5.93. The molecule has 3 aromatic rings. The molecule has 2 N–H and O–H groups in total. The number of nitrogens with two attached hydrogens (primary N) is 1. The first-order chi connectivity index (χ1) is 11.2. The Morgan fingerprint density at radius 3 is 2.57 bits per heavy atom. The van der Waals surface area contributed by atoms with Crippen molar-refractivity contribution in [1.29, 1.82) is 0 Å². The monoisotopic (exact) mass is 307 g/mol. The van der Waals surface area contributed by atoms with Gasteiger partial charge >= 0.3 is 0 Å². The summed E-state index contributed by atoms with van der Waals surface area (Å²) in [5.74, 6) is 0.976. The molecule has 0 radical (unpaired) electrons. The summed E-state index contributed by atoms with van der Waals surface area (Å²) < 4.78 is 11.3. The lowest BCUT2D eigenvalue weighted by Gasteiger charge is -2.13. The summed E-state index contributed by atoms with van der Waals surface area (Å²) in [6.07, 6.45) is 0. The standard InChI is InChI=1S/C19H17NO3/c1-22-17-10-9-14(19(20)21)11-15(17)12-23-18-8-4-6-13-5-2-3-7-16(13)18/h2-11H,12H2,1H3,(H2,20,21). The second-order valence-corrected chi connectivity index (χ2v) is 5.16. The van der Waals surface area contributed by atoms with E-state index in [9.17, 15) is 4.79 Å². The number of rotatable bonds is 5. The number of methoxy groups -OCH3 is 1. The number of primary amides is 1. The van der Waals surface area contributed by atoms with Crippen molar-refractivity contribution in [2.75, 3.05) is 7.11 Å². The van der Waals surface area contributed by atoms with Crippen LogP contribution < -0.4 is 15.2 Å². The highest BCUT2D eigenvalue weighted by Gasteiger charge is 2.09. The van der Waals surface area contributed by atoms with Crippen LogP contribution in [-0.4, -0.2) is 13.0 Å². The van der Waals surface area contributed by atoms with Crippen molar-refractivity contribution in [2.24, 2.45) is 5.73 Å². The summed E-state index contributed by atoms with van der Waals surface area (Å²) in [5, 5.41) is 2.16. The van der Waals surface area contributed by atoms with E-state index in [1.54, 1.807) is 25.3 Å². The SMILES string of the molecule is COc1ccc(C(N)=O)cc1COc1cccc2ccccc12. The fraction of sp³-hybridized carbons (Fsp3) is 0.105. The molecular weight excluding hydrogens is 290 g/mol. The minimum Gasteiger partial charge on any atom is -0.496 e. The fourth-order valence-electron chi connectivity index (χ4n) is 2.52. The molecule has 0 spiro atoms. The first-order valence-corrected chi connectivity index (χ1v) is 7.26. The molecule has 3 aromatic carbocycles. The fourth-order valence-corrected chi connectivity index (χ4v) is 2.52. The molecule has 0 aliphatic rings. The van der Waals surface area contributed by atoms with Crippen LogP contribution in [0.15, 0.2) is 60.7 Å². The first-order valence-electron chi connectivity index (χ1n) is 7.26. The van der Waals surface area contributed by atoms with E-state index in [4.69, 9.17) is 15.2 Å². The molecule has 3 rings (SSSR count). The Hall–Kier alpha value is -3.01. The number of carbonyl (C=O) groups excluding carboxylic acids is 1. The molecule has 1 amide bonds. The number of amides is 1. The van der Waals surface area contributed by atoms with Crippen molar-refractivity contribution in [3.8, 4) is 11.5 Å². The molecule has 0 aliphatic heterocycles. The van der Waals surface area contributed by atoms with Gasteiger partial charge in [-0.3, -0.25) is 4.79 Å². The zero-order valence-electron chi connectivity index (χ0n) is 12.8. The molecule has 4 nitrogen and oxygen atoms in total. The predicted molar refractivity (Wildman–Crippen MR) is 89.8 cm³/mol. The van der Waals surface area contributed by atoms with Gasteiger partial charge < -0.3 is 15.2 Å². The topological polar surface area (TPSA) is 61.5 Å². The van der Waals surface area contributed by atoms with Crippen molar-refractivity contribution in [1.82, 2.24) is 0 Å². The van der Waals surface area contributed by atoms with E-state index in [0.29, 0.717) is 11.3 Å². The molecule has 0 aromatic heterocycles. The maximum atomic E-state index is 11.3. The lowest BCUT2D eigenvalue weighted by molar-refractivity contribution is 0.1000. The molecule has 0 atom stereocenters. The van der Waals surface area contributed by atoms with E-state index >= 15 is 0 Å². The van der Waals surface area contributed by atoms with Crippen LogP contribution >= 0.6 is 0 Å². The van der Waals surface area contributed by atoms with Gasteiger partial charge in [0, 0.05) is 16.5 Å². The van der Waals surface area contributed by atoms with Crippen LogP contribution in [0.2, 0.25) is 0 Å². The number of hydrogen-bond acceptors (Lipinski definition) is 3. The molecule has 4 heteroatoms. The maximum absolute atomic E-state index is 11.3. The number of carbonyl (C=O) groups is 1. The molecule has 0 fully saturated rings. The van der Waals surface area contributed by atoms with Gasteiger partial charge in [0.2, 0.25) is 5.91 Å². The first kappa shape index (κ1) is 14.9. The predicted octanol–water partition coefficient (Wildman–Crippen LogP) is 3.53. The van der Waals surface area contributed by atoms with Gasteiger partial charge in [-0.2, -0.15) is 0 Å². The van der Waals surface area contributed by atoms with E-state index in [1.807, 2.05) is 42.5 Å². The molecular formula is C19H17NO3. The highest BCUT2D eigenvalue weighted by atomic mass is 16.5. The number of hydrogen-bond donors (Lipinski definition) is 1. The van der Waals surface area contributed by atoms with Crippen molar-refractivity contribution in [3.63, 3.8) is 0 Å². The van der Waals surface area contributed by atoms with E-state index in [-0.39, 0.29) is 6.61 Å². The molecule has 23 heavy (non-hydrogen) atoms. The lowest BCUT2D eigenvalue weighted by Crippen LogP contribution is -2.12. The Morgan fingerprint density at radius 1 is 1.00 bits per heavy atom. The Bertz CT molecular complexity index is 853. The van der Waals surface area contributed by atoms with E-state index < -0.39 is 5.91 Å². The summed E-state index contributed by atoms with van der Waals surface area (Å²) in [6.45, 7) is 0.290. The Balaban J connectivity index is 1.90. The third-order valence-corrected chi connectivity index (χ3v) is 3.70. The average Bonchev–Trinajstić information content (AvgIpc) is 2.59. The summed E-state index contributed by atoms with van der Waals surface area (Å²) in [4.78, 5) is 11.3. The summed E-state index contributed by atoms with van der Waals surface area (Å²) in [6, 6.07) is 19.0. The zero-order valence-corrected chi connectivity index (χ0v) is 12.8. The summed E-state index contributed by atoms with van der Waals surface area (Å²) >= 11 is 0. The Morgan fingerprint density at radius 2 is 1.78 bits per heavy atom. The van der Waals surface area contributed by atoms with Crippen LogP contribution in [0.5, 0.6) is 11.5 Å². The lowest BCUT2D eigenvalue weighted by atomic mass is 10.1. The number of ether oxygens (including phenoxy) is 2. The highest BCUT2D eigenvalue weighted by Crippen LogP contribution is 2.27. The van der Waals surface area contributed by atoms with E-state index in [2.05, 4.69) is 0 Å². The van der Waals surface area contributed by atoms with Gasteiger partial charge in [-0.15, -0.1) is 0 Å². The number of benzene rings is 3. The van der Waals surface area contributed by atoms with Gasteiger partial charge in [-0.05, 0) is 29.7 Å². The summed E-state index contributed by atoms with van der Waals surface area (Å²) in [7, 11) is 1.58.